The van der Waals surface area contributed by atoms with E-state index in [0.29, 0.717) is 0 Å². The van der Waals surface area contributed by atoms with Crippen molar-refractivity contribution in [2.45, 2.75) is 58.4 Å². The summed E-state index contributed by atoms with van der Waals surface area (Å²) in [6.07, 6.45) is 3.32. The molecule has 1 atom stereocenters. The molecule has 0 aliphatic heterocycles. The van der Waals surface area contributed by atoms with Crippen molar-refractivity contribution in [2.75, 3.05) is 0 Å². The second kappa shape index (κ2) is 3.89. The predicted octanol–water partition coefficient (Wildman–Crippen LogP) is 3.49. The SMILES string of the molecule is CCc1cc2c(cc1CC)C(C)(C)C[C@H]2N. The molecule has 2 rings (SSSR count). The van der Waals surface area contributed by atoms with Crippen molar-refractivity contribution >= 4 is 0 Å². The van der Waals surface area contributed by atoms with E-state index in [9.17, 15) is 0 Å². The molecule has 0 aromatic heterocycles. The van der Waals surface area contributed by atoms with Gasteiger partial charge in [0.2, 0.25) is 0 Å². The molecule has 0 saturated heterocycles. The van der Waals surface area contributed by atoms with Gasteiger partial charge in [0.1, 0.15) is 0 Å². The molecule has 0 unspecified atom stereocenters. The summed E-state index contributed by atoms with van der Waals surface area (Å²) < 4.78 is 0. The smallest absolute Gasteiger partial charge is 0.0306 e. The highest BCUT2D eigenvalue weighted by Crippen LogP contribution is 2.44. The van der Waals surface area contributed by atoms with Crippen molar-refractivity contribution in [1.82, 2.24) is 0 Å². The van der Waals surface area contributed by atoms with Gasteiger partial charge in [-0.3, -0.25) is 0 Å². The molecule has 0 radical (unpaired) electrons. The van der Waals surface area contributed by atoms with Gasteiger partial charge in [0.15, 0.2) is 0 Å². The lowest BCUT2D eigenvalue weighted by Crippen LogP contribution is -2.14. The molecule has 2 N–H and O–H groups in total. The molecule has 1 aliphatic carbocycles. The Kier molecular flexibility index (Phi) is 2.83. The van der Waals surface area contributed by atoms with Crippen LogP contribution in [0.15, 0.2) is 12.1 Å². The maximum Gasteiger partial charge on any atom is 0.0306 e. The Labute approximate surface area is 99.0 Å². The van der Waals surface area contributed by atoms with Gasteiger partial charge >= 0.3 is 0 Å². The van der Waals surface area contributed by atoms with E-state index in [0.717, 1.165) is 19.3 Å². The molecule has 0 fully saturated rings. The molecule has 1 nitrogen and oxygen atoms in total. The van der Waals surface area contributed by atoms with Crippen LogP contribution < -0.4 is 5.73 Å². The fraction of sp³-hybridized carbons (Fsp3) is 0.600. The van der Waals surface area contributed by atoms with Crippen LogP contribution in [0, 0.1) is 0 Å². The maximum atomic E-state index is 6.24. The third kappa shape index (κ3) is 1.67. The topological polar surface area (TPSA) is 26.0 Å². The van der Waals surface area contributed by atoms with E-state index in [4.69, 9.17) is 5.73 Å². The molecule has 0 spiro atoms. The van der Waals surface area contributed by atoms with Crippen LogP contribution in [0.25, 0.3) is 0 Å². The van der Waals surface area contributed by atoms with Gasteiger partial charge in [-0.15, -0.1) is 0 Å². The van der Waals surface area contributed by atoms with Crippen molar-refractivity contribution in [2.24, 2.45) is 5.73 Å². The Hall–Kier alpha value is -0.820. The first-order valence-corrected chi connectivity index (χ1v) is 6.41. The zero-order valence-electron chi connectivity index (χ0n) is 10.9. The first-order chi connectivity index (χ1) is 7.49. The summed E-state index contributed by atoms with van der Waals surface area (Å²) in [5, 5.41) is 0. The standard InChI is InChI=1S/C15H23N/c1-5-10-7-12-13(8-11(10)6-2)15(3,4)9-14(12)16/h7-8,14H,5-6,9,16H2,1-4H3/t14-/m1/s1. The summed E-state index contributed by atoms with van der Waals surface area (Å²) in [6, 6.07) is 5.00. The van der Waals surface area contributed by atoms with Crippen LogP contribution in [0.1, 0.15) is 62.4 Å². The first kappa shape index (κ1) is 11.7. The molecule has 0 amide bonds. The minimum absolute atomic E-state index is 0.237. The zero-order valence-corrected chi connectivity index (χ0v) is 10.9. The lowest BCUT2D eigenvalue weighted by Gasteiger charge is -2.20. The normalized spacial score (nSPS) is 22.2. The zero-order chi connectivity index (χ0) is 11.9. The van der Waals surface area contributed by atoms with Crippen LogP contribution >= 0.6 is 0 Å². The van der Waals surface area contributed by atoms with Gasteiger partial charge in [-0.05, 0) is 46.9 Å². The average Bonchev–Trinajstić information content (AvgIpc) is 2.47. The minimum atomic E-state index is 0.237. The highest BCUT2D eigenvalue weighted by atomic mass is 14.7. The minimum Gasteiger partial charge on any atom is -0.324 e. The highest BCUT2D eigenvalue weighted by molar-refractivity contribution is 5.47. The predicted molar refractivity (Wildman–Crippen MR) is 69.8 cm³/mol. The summed E-state index contributed by atoms with van der Waals surface area (Å²) in [5.74, 6) is 0. The Morgan fingerprint density at radius 3 is 2.31 bits per heavy atom. The van der Waals surface area contributed by atoms with Gasteiger partial charge in [0.25, 0.3) is 0 Å². The van der Waals surface area contributed by atoms with E-state index in [1.54, 1.807) is 0 Å². The molecule has 1 aromatic carbocycles. The quantitative estimate of drug-likeness (QED) is 0.806. The monoisotopic (exact) mass is 217 g/mol. The van der Waals surface area contributed by atoms with Gasteiger partial charge in [-0.2, -0.15) is 0 Å². The number of hydrogen-bond acceptors (Lipinski definition) is 1. The number of nitrogens with two attached hydrogens (primary N) is 1. The van der Waals surface area contributed by atoms with E-state index in [-0.39, 0.29) is 11.5 Å². The average molecular weight is 217 g/mol. The third-order valence-electron chi connectivity index (χ3n) is 3.99. The molecule has 0 heterocycles. The van der Waals surface area contributed by atoms with Gasteiger partial charge in [-0.25, -0.2) is 0 Å². The summed E-state index contributed by atoms with van der Waals surface area (Å²) in [7, 11) is 0. The van der Waals surface area contributed by atoms with Crippen molar-refractivity contribution < 1.29 is 0 Å². The lowest BCUT2D eigenvalue weighted by molar-refractivity contribution is 0.481. The second-order valence-corrected chi connectivity index (χ2v) is 5.61. The van der Waals surface area contributed by atoms with Crippen molar-refractivity contribution in [1.29, 1.82) is 0 Å². The van der Waals surface area contributed by atoms with Gasteiger partial charge in [0, 0.05) is 6.04 Å². The van der Waals surface area contributed by atoms with Crippen LogP contribution in [0.3, 0.4) is 0 Å². The molecule has 1 heteroatoms. The molecule has 0 bridgehead atoms. The van der Waals surface area contributed by atoms with Crippen LogP contribution in [0.5, 0.6) is 0 Å². The lowest BCUT2D eigenvalue weighted by atomic mass is 9.84. The second-order valence-electron chi connectivity index (χ2n) is 5.61. The third-order valence-corrected chi connectivity index (χ3v) is 3.99. The fourth-order valence-electron chi connectivity index (χ4n) is 3.03. The molecule has 88 valence electrons. The Bertz CT molecular complexity index is 404. The van der Waals surface area contributed by atoms with Gasteiger partial charge in [-0.1, -0.05) is 39.8 Å². The molecule has 0 saturated carbocycles. The van der Waals surface area contributed by atoms with Crippen LogP contribution in [0.4, 0.5) is 0 Å². The fourth-order valence-corrected chi connectivity index (χ4v) is 3.03. The Morgan fingerprint density at radius 2 is 1.75 bits per heavy atom. The number of rotatable bonds is 2. The molecular formula is C15H23N. The first-order valence-electron chi connectivity index (χ1n) is 6.41. The Morgan fingerprint density at radius 1 is 1.19 bits per heavy atom. The molecule has 1 aliphatic rings. The van der Waals surface area contributed by atoms with E-state index >= 15 is 0 Å². The summed E-state index contributed by atoms with van der Waals surface area (Å²) in [5.41, 5.74) is 12.3. The largest absolute Gasteiger partial charge is 0.324 e. The van der Waals surface area contributed by atoms with Gasteiger partial charge < -0.3 is 5.73 Å². The molecule has 1 aromatic rings. The maximum absolute atomic E-state index is 6.24. The van der Waals surface area contributed by atoms with Gasteiger partial charge in [0.05, 0.1) is 0 Å². The summed E-state index contributed by atoms with van der Waals surface area (Å²) in [6.45, 7) is 9.09. The highest BCUT2D eigenvalue weighted by Gasteiger charge is 2.35. The van der Waals surface area contributed by atoms with E-state index < -0.39 is 0 Å². The van der Waals surface area contributed by atoms with Crippen molar-refractivity contribution in [3.8, 4) is 0 Å². The molecular weight excluding hydrogens is 194 g/mol. The van der Waals surface area contributed by atoms with Crippen LogP contribution in [0.2, 0.25) is 0 Å². The number of hydrogen-bond donors (Lipinski definition) is 1. The Balaban J connectivity index is 2.59. The van der Waals surface area contributed by atoms with E-state index in [1.807, 2.05) is 0 Å². The number of fused-ring (bicyclic) bond motifs is 1. The summed E-state index contributed by atoms with van der Waals surface area (Å²) >= 11 is 0. The van der Waals surface area contributed by atoms with Crippen LogP contribution in [-0.2, 0) is 18.3 Å². The number of benzene rings is 1. The van der Waals surface area contributed by atoms with Crippen molar-refractivity contribution in [3.63, 3.8) is 0 Å². The number of aryl methyl sites for hydroxylation is 2. The van der Waals surface area contributed by atoms with E-state index in [2.05, 4.69) is 39.8 Å². The van der Waals surface area contributed by atoms with E-state index in [1.165, 1.54) is 22.3 Å². The summed E-state index contributed by atoms with van der Waals surface area (Å²) in [4.78, 5) is 0. The van der Waals surface area contributed by atoms with Crippen LogP contribution in [-0.4, -0.2) is 0 Å². The van der Waals surface area contributed by atoms with Crippen molar-refractivity contribution in [3.05, 3.63) is 34.4 Å². The molecule has 16 heavy (non-hydrogen) atoms.